The quantitative estimate of drug-likeness (QED) is 0.471. The van der Waals surface area contributed by atoms with Gasteiger partial charge in [0.25, 0.3) is 5.56 Å². The van der Waals surface area contributed by atoms with E-state index in [-0.39, 0.29) is 5.56 Å². The number of hydrogen-bond donors (Lipinski definition) is 0. The van der Waals surface area contributed by atoms with Crippen molar-refractivity contribution in [2.75, 3.05) is 6.61 Å². The van der Waals surface area contributed by atoms with Crippen molar-refractivity contribution in [3.8, 4) is 5.75 Å². The van der Waals surface area contributed by atoms with Crippen LogP contribution in [-0.4, -0.2) is 21.2 Å². The Labute approximate surface area is 163 Å². The highest BCUT2D eigenvalue weighted by atomic mass is 32.1. The zero-order valence-corrected chi connectivity index (χ0v) is 15.9. The van der Waals surface area contributed by atoms with Crippen molar-refractivity contribution >= 4 is 45.9 Å². The monoisotopic (exact) mass is 393 g/mol. The Hall–Kier alpha value is -3.03. The molecule has 0 radical (unpaired) electrons. The third kappa shape index (κ3) is 3.89. The molecule has 3 heterocycles. The zero-order chi connectivity index (χ0) is 18.6. The van der Waals surface area contributed by atoms with Crippen molar-refractivity contribution < 1.29 is 4.74 Å². The van der Waals surface area contributed by atoms with Crippen LogP contribution in [0.4, 0.5) is 0 Å². The molecule has 4 aromatic rings. The average Bonchev–Trinajstić information content (AvgIpc) is 3.39. The van der Waals surface area contributed by atoms with E-state index >= 15 is 0 Å². The molecule has 0 saturated carbocycles. The molecule has 0 atom stereocenters. The Morgan fingerprint density at radius 2 is 2.04 bits per heavy atom. The molecule has 0 fully saturated rings. The average molecular weight is 393 g/mol. The Morgan fingerprint density at radius 3 is 2.74 bits per heavy atom. The van der Waals surface area contributed by atoms with Crippen LogP contribution in [0.25, 0.3) is 23.2 Å². The Balaban J connectivity index is 1.60. The minimum atomic E-state index is -0.162. The van der Waals surface area contributed by atoms with Gasteiger partial charge >= 0.3 is 0 Å². The van der Waals surface area contributed by atoms with Gasteiger partial charge in [-0.3, -0.25) is 4.79 Å². The van der Waals surface area contributed by atoms with E-state index in [0.717, 1.165) is 16.2 Å². The van der Waals surface area contributed by atoms with Gasteiger partial charge in [-0.15, -0.1) is 16.4 Å². The molecule has 0 spiro atoms. The first-order valence-corrected chi connectivity index (χ1v) is 9.89. The van der Waals surface area contributed by atoms with Gasteiger partial charge in [0.2, 0.25) is 4.96 Å². The van der Waals surface area contributed by atoms with Gasteiger partial charge in [-0.2, -0.15) is 9.50 Å². The fraction of sp³-hybridized carbons (Fsp3) is 0.0500. The van der Waals surface area contributed by atoms with Crippen LogP contribution in [-0.2, 0) is 0 Å². The molecule has 27 heavy (non-hydrogen) atoms. The SMILES string of the molecule is C=CCOc1ccc(/C=c2\sc3nc(/C=C/c4cccs4)nn3c2=O)cc1. The van der Waals surface area contributed by atoms with Gasteiger partial charge in [-0.1, -0.05) is 42.2 Å². The first-order valence-electron chi connectivity index (χ1n) is 8.19. The van der Waals surface area contributed by atoms with Crippen LogP contribution < -0.4 is 14.8 Å². The normalized spacial score (nSPS) is 12.2. The zero-order valence-electron chi connectivity index (χ0n) is 14.2. The highest BCUT2D eigenvalue weighted by Crippen LogP contribution is 2.14. The lowest BCUT2D eigenvalue weighted by Crippen LogP contribution is -2.23. The summed E-state index contributed by atoms with van der Waals surface area (Å²) in [5, 5.41) is 6.30. The molecule has 7 heteroatoms. The van der Waals surface area contributed by atoms with Crippen LogP contribution in [0.3, 0.4) is 0 Å². The lowest BCUT2D eigenvalue weighted by atomic mass is 10.2. The summed E-state index contributed by atoms with van der Waals surface area (Å²) in [5.41, 5.74) is 0.755. The summed E-state index contributed by atoms with van der Waals surface area (Å²) in [5.74, 6) is 1.29. The summed E-state index contributed by atoms with van der Waals surface area (Å²) in [4.78, 5) is 18.7. The van der Waals surface area contributed by atoms with E-state index in [1.54, 1.807) is 17.4 Å². The smallest absolute Gasteiger partial charge is 0.291 e. The highest BCUT2D eigenvalue weighted by molar-refractivity contribution is 7.15. The number of ether oxygens (including phenoxy) is 1. The molecule has 0 aliphatic carbocycles. The van der Waals surface area contributed by atoms with Gasteiger partial charge in [-0.25, -0.2) is 0 Å². The van der Waals surface area contributed by atoms with Crippen molar-refractivity contribution in [2.45, 2.75) is 0 Å². The van der Waals surface area contributed by atoms with Gasteiger partial charge in [0.1, 0.15) is 12.4 Å². The molecule has 3 aromatic heterocycles. The Bertz CT molecular complexity index is 1200. The van der Waals surface area contributed by atoms with Gasteiger partial charge in [-0.05, 0) is 47.4 Å². The molecular weight excluding hydrogens is 378 g/mol. The molecular formula is C20H15N3O2S2. The number of fused-ring (bicyclic) bond motifs is 1. The first kappa shape index (κ1) is 17.4. The van der Waals surface area contributed by atoms with E-state index in [4.69, 9.17) is 4.74 Å². The highest BCUT2D eigenvalue weighted by Gasteiger charge is 2.08. The fourth-order valence-electron chi connectivity index (χ4n) is 2.43. The molecule has 0 aliphatic rings. The van der Waals surface area contributed by atoms with E-state index in [1.165, 1.54) is 15.9 Å². The number of aromatic nitrogens is 3. The van der Waals surface area contributed by atoms with Gasteiger partial charge in [0, 0.05) is 4.88 Å². The summed E-state index contributed by atoms with van der Waals surface area (Å²) in [6.07, 6.45) is 7.29. The topological polar surface area (TPSA) is 56.5 Å². The van der Waals surface area contributed by atoms with Crippen LogP contribution in [0.2, 0.25) is 0 Å². The summed E-state index contributed by atoms with van der Waals surface area (Å²) in [7, 11) is 0. The first-order chi connectivity index (χ1) is 13.2. The predicted octanol–water partition coefficient (Wildman–Crippen LogP) is 3.50. The number of hydrogen-bond acceptors (Lipinski definition) is 6. The summed E-state index contributed by atoms with van der Waals surface area (Å²) < 4.78 is 7.41. The van der Waals surface area contributed by atoms with Crippen LogP contribution in [0.1, 0.15) is 16.3 Å². The number of benzene rings is 1. The lowest BCUT2D eigenvalue weighted by Gasteiger charge is -2.02. The number of rotatable bonds is 6. The van der Waals surface area contributed by atoms with Gasteiger partial charge < -0.3 is 4.74 Å². The molecule has 0 unspecified atom stereocenters. The third-order valence-corrected chi connectivity index (χ3v) is 5.48. The second-order valence-electron chi connectivity index (χ2n) is 5.60. The fourth-order valence-corrected chi connectivity index (χ4v) is 3.96. The maximum atomic E-state index is 12.6. The number of thiazole rings is 1. The molecule has 0 aliphatic heterocycles. The summed E-state index contributed by atoms with van der Waals surface area (Å²) in [6.45, 7) is 4.09. The van der Waals surface area contributed by atoms with E-state index in [2.05, 4.69) is 16.7 Å². The predicted molar refractivity (Wildman–Crippen MR) is 111 cm³/mol. The number of nitrogens with zero attached hydrogens (tertiary/aromatic N) is 3. The van der Waals surface area contributed by atoms with Crippen molar-refractivity contribution in [3.63, 3.8) is 0 Å². The van der Waals surface area contributed by atoms with Crippen molar-refractivity contribution in [1.82, 2.24) is 14.6 Å². The lowest BCUT2D eigenvalue weighted by molar-refractivity contribution is 0.363. The Kier molecular flexibility index (Phi) is 4.95. The molecule has 0 bridgehead atoms. The van der Waals surface area contributed by atoms with Gasteiger partial charge in [0.15, 0.2) is 5.82 Å². The van der Waals surface area contributed by atoms with E-state index < -0.39 is 0 Å². The number of thiophene rings is 1. The minimum Gasteiger partial charge on any atom is -0.490 e. The molecule has 0 amide bonds. The summed E-state index contributed by atoms with van der Waals surface area (Å²) >= 11 is 2.96. The molecule has 4 rings (SSSR count). The largest absolute Gasteiger partial charge is 0.490 e. The van der Waals surface area contributed by atoms with E-state index in [9.17, 15) is 4.79 Å². The maximum Gasteiger partial charge on any atom is 0.291 e. The maximum absolute atomic E-state index is 12.6. The van der Waals surface area contributed by atoms with Crippen molar-refractivity contribution in [1.29, 1.82) is 0 Å². The third-order valence-electron chi connectivity index (χ3n) is 3.68. The van der Waals surface area contributed by atoms with Crippen LogP contribution in [0, 0.1) is 0 Å². The van der Waals surface area contributed by atoms with Crippen molar-refractivity contribution in [3.05, 3.63) is 85.6 Å². The van der Waals surface area contributed by atoms with E-state index in [1.807, 2.05) is 60.0 Å². The molecule has 0 saturated heterocycles. The van der Waals surface area contributed by atoms with E-state index in [0.29, 0.717) is 21.9 Å². The van der Waals surface area contributed by atoms with Crippen LogP contribution in [0.5, 0.6) is 5.75 Å². The molecule has 5 nitrogen and oxygen atoms in total. The Morgan fingerprint density at radius 1 is 1.19 bits per heavy atom. The second kappa shape index (κ2) is 7.69. The van der Waals surface area contributed by atoms with Crippen LogP contribution >= 0.6 is 22.7 Å². The van der Waals surface area contributed by atoms with Crippen LogP contribution in [0.15, 0.2) is 59.2 Å². The van der Waals surface area contributed by atoms with Gasteiger partial charge in [0.05, 0.1) is 4.53 Å². The second-order valence-corrected chi connectivity index (χ2v) is 7.59. The summed E-state index contributed by atoms with van der Waals surface area (Å²) in [6, 6.07) is 11.5. The molecule has 1 aromatic carbocycles. The molecule has 0 N–H and O–H groups in total. The minimum absolute atomic E-state index is 0.162. The molecule has 134 valence electrons. The van der Waals surface area contributed by atoms with Crippen molar-refractivity contribution in [2.24, 2.45) is 0 Å². The standard InChI is InChI=1S/C20H15N3O2S2/c1-2-11-25-15-7-5-14(6-8-15)13-17-19(24)23-20(27-17)21-18(22-23)10-9-16-4-3-12-26-16/h2-10,12-13H,1,11H2/b10-9+,17-13-.